The predicted molar refractivity (Wildman–Crippen MR) is 121 cm³/mol. The first-order chi connectivity index (χ1) is 14.0. The van der Waals surface area contributed by atoms with Crippen LogP contribution in [0.3, 0.4) is 0 Å². The molecule has 0 saturated carbocycles. The van der Waals surface area contributed by atoms with Gasteiger partial charge in [0.2, 0.25) is 23.6 Å². The number of nitrogens with zero attached hydrogens (tertiary/aromatic N) is 4. The summed E-state index contributed by atoms with van der Waals surface area (Å²) in [6.07, 6.45) is 1.26. The van der Waals surface area contributed by atoms with Crippen molar-refractivity contribution in [3.8, 4) is 0 Å². The summed E-state index contributed by atoms with van der Waals surface area (Å²) in [5.74, 6) is 2.97. The molecule has 0 N–H and O–H groups in total. The maximum absolute atomic E-state index is 5.66. The van der Waals surface area contributed by atoms with Gasteiger partial charge in [0.25, 0.3) is 0 Å². The molecule has 0 aromatic carbocycles. The van der Waals surface area contributed by atoms with Crippen LogP contribution in [0, 0.1) is 11.8 Å². The minimum Gasteiger partial charge on any atom is -0.483 e. The van der Waals surface area contributed by atoms with E-state index in [2.05, 4.69) is 27.7 Å². The van der Waals surface area contributed by atoms with Crippen molar-refractivity contribution in [1.29, 1.82) is 0 Å². The highest BCUT2D eigenvalue weighted by molar-refractivity contribution is 5.98. The lowest BCUT2D eigenvalue weighted by Crippen LogP contribution is -2.48. The molecular weight excluding hydrogens is 384 g/mol. The molecule has 2 rings (SSSR count). The molecule has 0 unspecified atom stereocenters. The molecule has 0 amide bonds. The third-order valence-corrected chi connectivity index (χ3v) is 5.82. The zero-order chi connectivity index (χ0) is 22.7. The smallest absolute Gasteiger partial charge is 0.212 e. The quantitative estimate of drug-likeness (QED) is 0.678. The molecule has 2 aliphatic heterocycles. The molecule has 2 heterocycles. The van der Waals surface area contributed by atoms with Gasteiger partial charge in [-0.3, -0.25) is 0 Å². The van der Waals surface area contributed by atoms with E-state index in [4.69, 9.17) is 38.9 Å². The second kappa shape index (κ2) is 9.35. The lowest BCUT2D eigenvalue weighted by atomic mass is 9.85. The van der Waals surface area contributed by atoms with E-state index in [1.807, 2.05) is 13.8 Å². The van der Waals surface area contributed by atoms with Crippen LogP contribution in [0.5, 0.6) is 0 Å². The van der Waals surface area contributed by atoms with Crippen molar-refractivity contribution in [3.63, 3.8) is 0 Å². The van der Waals surface area contributed by atoms with Gasteiger partial charge in [0.05, 0.1) is 28.4 Å². The van der Waals surface area contributed by atoms with Crippen molar-refractivity contribution in [2.24, 2.45) is 31.8 Å². The minimum atomic E-state index is -0.662. The summed E-state index contributed by atoms with van der Waals surface area (Å²) >= 11 is 0. The first kappa shape index (κ1) is 24.2. The highest BCUT2D eigenvalue weighted by Crippen LogP contribution is 2.34. The SMILES string of the molecule is COC1=N[C@@](C)(CC[C@]2(C)N=C(OC)[C@@H](C(C)C)N=C2OC)C(OC)=N[C@@H]1C(C)C. The van der Waals surface area contributed by atoms with Crippen LogP contribution in [0.2, 0.25) is 0 Å². The number of hydrogen-bond acceptors (Lipinski definition) is 8. The van der Waals surface area contributed by atoms with Gasteiger partial charge in [-0.25, -0.2) is 20.0 Å². The lowest BCUT2D eigenvalue weighted by Gasteiger charge is -2.37. The van der Waals surface area contributed by atoms with Crippen molar-refractivity contribution in [2.45, 2.75) is 77.5 Å². The van der Waals surface area contributed by atoms with Crippen LogP contribution in [0.15, 0.2) is 20.0 Å². The molecule has 0 aliphatic carbocycles. The second-order valence-electron chi connectivity index (χ2n) is 9.01. The van der Waals surface area contributed by atoms with E-state index in [-0.39, 0.29) is 23.9 Å². The zero-order valence-electron chi connectivity index (χ0n) is 20.1. The molecule has 0 spiro atoms. The molecule has 8 heteroatoms. The minimum absolute atomic E-state index is 0.149. The Morgan fingerprint density at radius 2 is 1.00 bits per heavy atom. The van der Waals surface area contributed by atoms with Crippen LogP contribution in [-0.4, -0.2) is 75.2 Å². The number of methoxy groups -OCH3 is 4. The molecule has 4 atom stereocenters. The number of rotatable bonds is 5. The molecule has 30 heavy (non-hydrogen) atoms. The van der Waals surface area contributed by atoms with Crippen LogP contribution < -0.4 is 0 Å². The first-order valence-corrected chi connectivity index (χ1v) is 10.6. The Hall–Kier alpha value is -2.12. The zero-order valence-corrected chi connectivity index (χ0v) is 20.1. The molecule has 8 nitrogen and oxygen atoms in total. The molecule has 0 aromatic heterocycles. The maximum Gasteiger partial charge on any atom is 0.212 e. The fourth-order valence-electron chi connectivity index (χ4n) is 3.91. The van der Waals surface area contributed by atoms with E-state index in [0.29, 0.717) is 36.4 Å². The third-order valence-electron chi connectivity index (χ3n) is 5.82. The van der Waals surface area contributed by atoms with Gasteiger partial charge in [-0.2, -0.15) is 0 Å². The number of aliphatic imine (C=N–C) groups is 4. The number of ether oxygens (including phenoxy) is 4. The van der Waals surface area contributed by atoms with Crippen LogP contribution in [0.4, 0.5) is 0 Å². The fourth-order valence-corrected chi connectivity index (χ4v) is 3.91. The van der Waals surface area contributed by atoms with Crippen LogP contribution >= 0.6 is 0 Å². The van der Waals surface area contributed by atoms with Gasteiger partial charge in [-0.15, -0.1) is 0 Å². The summed E-state index contributed by atoms with van der Waals surface area (Å²) in [6, 6.07) is -0.298. The predicted octanol–water partition coefficient (Wildman–Crippen LogP) is 3.54. The standard InChI is InChI=1S/C22H38N4O4/c1-13(2)15-17(27-7)25-21(5,19(23-15)29-9)11-12-22(6)20(30-10)24-16(14(3)4)18(26-22)28-8/h13-16H,11-12H2,1-10H3/t15-,16-,21+,22+/m1/s1. The molecule has 0 saturated heterocycles. The lowest BCUT2D eigenvalue weighted by molar-refractivity contribution is 0.280. The highest BCUT2D eigenvalue weighted by atomic mass is 16.5. The third kappa shape index (κ3) is 4.62. The van der Waals surface area contributed by atoms with E-state index in [9.17, 15) is 0 Å². The van der Waals surface area contributed by atoms with Gasteiger partial charge in [0.1, 0.15) is 23.2 Å². The van der Waals surface area contributed by atoms with E-state index < -0.39 is 11.1 Å². The van der Waals surface area contributed by atoms with Crippen LogP contribution in [0.1, 0.15) is 54.4 Å². The monoisotopic (exact) mass is 422 g/mol. The van der Waals surface area contributed by atoms with Crippen molar-refractivity contribution in [2.75, 3.05) is 28.4 Å². The van der Waals surface area contributed by atoms with Crippen LogP contribution in [-0.2, 0) is 18.9 Å². The largest absolute Gasteiger partial charge is 0.483 e. The maximum atomic E-state index is 5.66. The van der Waals surface area contributed by atoms with E-state index >= 15 is 0 Å². The van der Waals surface area contributed by atoms with Crippen molar-refractivity contribution in [1.82, 2.24) is 0 Å². The Morgan fingerprint density at radius 1 is 0.667 bits per heavy atom. The van der Waals surface area contributed by atoms with Gasteiger partial charge in [-0.1, -0.05) is 27.7 Å². The molecule has 2 aliphatic rings. The van der Waals surface area contributed by atoms with Crippen LogP contribution in [0.25, 0.3) is 0 Å². The Labute approximate surface area is 180 Å². The topological polar surface area (TPSA) is 86.4 Å². The van der Waals surface area contributed by atoms with Gasteiger partial charge >= 0.3 is 0 Å². The molecule has 170 valence electrons. The van der Waals surface area contributed by atoms with E-state index in [0.717, 1.165) is 0 Å². The summed E-state index contributed by atoms with van der Waals surface area (Å²) in [4.78, 5) is 19.5. The summed E-state index contributed by atoms with van der Waals surface area (Å²) < 4.78 is 22.5. The fraction of sp³-hybridized carbons (Fsp3) is 0.818. The highest BCUT2D eigenvalue weighted by Gasteiger charge is 2.45. The van der Waals surface area contributed by atoms with Gasteiger partial charge in [0.15, 0.2) is 0 Å². The molecule has 0 fully saturated rings. The summed E-state index contributed by atoms with van der Waals surface area (Å²) in [6.45, 7) is 12.4. The average Bonchev–Trinajstić information content (AvgIpc) is 2.71. The van der Waals surface area contributed by atoms with Gasteiger partial charge in [0, 0.05) is 0 Å². The Balaban J connectivity index is 2.35. The Bertz CT molecular complexity index is 681. The molecule has 0 bridgehead atoms. The Morgan fingerprint density at radius 3 is 1.23 bits per heavy atom. The molecule has 0 radical (unpaired) electrons. The normalized spacial score (nSPS) is 31.6. The van der Waals surface area contributed by atoms with Crippen molar-refractivity contribution in [3.05, 3.63) is 0 Å². The van der Waals surface area contributed by atoms with Gasteiger partial charge in [-0.05, 0) is 38.5 Å². The van der Waals surface area contributed by atoms with E-state index in [1.54, 1.807) is 28.4 Å². The Kier molecular flexibility index (Phi) is 7.53. The number of hydrogen-bond donors (Lipinski definition) is 0. The summed E-state index contributed by atoms with van der Waals surface area (Å²) in [5.41, 5.74) is -1.32. The molecule has 0 aromatic rings. The second-order valence-corrected chi connectivity index (χ2v) is 9.01. The summed E-state index contributed by atoms with van der Waals surface area (Å²) in [7, 11) is 6.56. The van der Waals surface area contributed by atoms with Crippen molar-refractivity contribution < 1.29 is 18.9 Å². The first-order valence-electron chi connectivity index (χ1n) is 10.6. The van der Waals surface area contributed by atoms with Gasteiger partial charge < -0.3 is 18.9 Å². The van der Waals surface area contributed by atoms with E-state index in [1.165, 1.54) is 0 Å². The average molecular weight is 423 g/mol. The molecular formula is C22H38N4O4. The summed E-state index contributed by atoms with van der Waals surface area (Å²) in [5, 5.41) is 0. The van der Waals surface area contributed by atoms with Crippen molar-refractivity contribution >= 4 is 23.6 Å².